The van der Waals surface area contributed by atoms with Crippen LogP contribution in [0.25, 0.3) is 0 Å². The average molecular weight is 175 g/mol. The molecule has 0 aliphatic carbocycles. The smallest absolute Gasteiger partial charge is 0.521 e. The van der Waals surface area contributed by atoms with Gasteiger partial charge in [0.1, 0.15) is 0 Å². The van der Waals surface area contributed by atoms with E-state index < -0.39 is 0 Å². The molecule has 0 aromatic rings. The van der Waals surface area contributed by atoms with Gasteiger partial charge >= 0.3 is 26.2 Å². The molecule has 0 heterocycles. The molecule has 0 saturated carbocycles. The third kappa shape index (κ3) is 919. The molecule has 0 rings (SSSR count). The van der Waals surface area contributed by atoms with E-state index in [0.29, 0.717) is 0 Å². The Balaban J connectivity index is -0.00000000267. The van der Waals surface area contributed by atoms with Gasteiger partial charge < -0.3 is 28.0 Å². The fourth-order valence-corrected chi connectivity index (χ4v) is 0. The van der Waals surface area contributed by atoms with E-state index in [0.717, 1.165) is 0 Å². The van der Waals surface area contributed by atoms with Crippen LogP contribution in [0.15, 0.2) is 13.2 Å². The number of hydrogen-bond donors (Lipinski definition) is 0. The van der Waals surface area contributed by atoms with E-state index in [-0.39, 0.29) is 41.1 Å². The Morgan fingerprint density at radius 2 is 0.714 bits per heavy atom. The average Bonchev–Trinajstić information content (AvgIpc) is 1.50. The van der Waals surface area contributed by atoms with Crippen LogP contribution in [0.4, 0.5) is 0 Å². The summed E-state index contributed by atoms with van der Waals surface area (Å²) in [5.74, 6) is 0. The van der Waals surface area contributed by atoms with Crippen molar-refractivity contribution < 1.29 is 26.2 Å². The van der Waals surface area contributed by atoms with E-state index in [1.165, 1.54) is 0 Å². The second kappa shape index (κ2) is 1390. The Morgan fingerprint density at radius 1 is 0.714 bits per heavy atom. The Kier molecular flexibility index (Phi) is 10600. The quantitative estimate of drug-likeness (QED) is 0.495. The second-order valence-electron chi connectivity index (χ2n) is 0. The molecule has 0 spiro atoms. The van der Waals surface area contributed by atoms with Crippen molar-refractivity contribution in [2.24, 2.45) is 0 Å². The van der Waals surface area contributed by atoms with Gasteiger partial charge in [-0.15, -0.1) is 0 Å². The van der Waals surface area contributed by atoms with Crippen LogP contribution in [0.2, 0.25) is 0 Å². The molecule has 0 aromatic heterocycles. The molecule has 0 bridgehead atoms. The maximum Gasteiger partial charge on any atom is 4.00 e. The molecular weight excluding hydrogens is 163 g/mol. The molecule has 40 valence electrons. The second-order valence-corrected chi connectivity index (χ2v) is 0. The topological polar surface area (TPSA) is 0 Å². The summed E-state index contributed by atoms with van der Waals surface area (Å²) in [5.41, 5.74) is 0. The summed E-state index contributed by atoms with van der Waals surface area (Å²) in [6.07, 6.45) is 0. The van der Waals surface area contributed by atoms with Crippen LogP contribution in [-0.4, -0.2) is 0 Å². The minimum atomic E-state index is 0. The van der Waals surface area contributed by atoms with Gasteiger partial charge in [-0.25, -0.2) is 0 Å². The third-order valence-electron chi connectivity index (χ3n) is 0. The zero-order valence-electron chi connectivity index (χ0n) is 5.07. The van der Waals surface area contributed by atoms with E-state index in [2.05, 4.69) is 26.3 Å². The number of rotatable bonds is 0. The molecule has 0 unspecified atom stereocenters. The molecule has 0 amide bonds. The fourth-order valence-electron chi connectivity index (χ4n) is 0. The first kappa shape index (κ1) is 53.4. The normalized spacial score (nSPS) is 1.14. The minimum absolute atomic E-state index is 0. The summed E-state index contributed by atoms with van der Waals surface area (Å²) < 4.78 is 0. The molecular formula is C6H12Zr. The van der Waals surface area contributed by atoms with Crippen molar-refractivity contribution >= 4 is 0 Å². The van der Waals surface area contributed by atoms with E-state index in [9.17, 15) is 0 Å². The van der Waals surface area contributed by atoms with Gasteiger partial charge in [0.15, 0.2) is 0 Å². The van der Waals surface area contributed by atoms with Crippen LogP contribution in [0, 0.1) is 28.0 Å². The Bertz CT molecular complexity index is 6.14. The van der Waals surface area contributed by atoms with Crippen molar-refractivity contribution in [1.82, 2.24) is 0 Å². The summed E-state index contributed by atoms with van der Waals surface area (Å²) in [6, 6.07) is 0. The summed E-state index contributed by atoms with van der Waals surface area (Å²) in [7, 11) is 0. The minimum Gasteiger partial charge on any atom is -0.521 e. The Labute approximate surface area is 67.5 Å². The van der Waals surface area contributed by atoms with Gasteiger partial charge in [-0.05, 0) is 0 Å². The molecule has 0 aliphatic rings. The molecule has 0 atom stereocenters. The maximum atomic E-state index is 4.25. The fraction of sp³-hybridized carbons (Fsp3) is 0. The van der Waals surface area contributed by atoms with Crippen LogP contribution >= 0.6 is 0 Å². The summed E-state index contributed by atoms with van der Waals surface area (Å²) in [5, 5.41) is 0. The molecule has 0 N–H and O–H groups in total. The first-order valence-corrected chi connectivity index (χ1v) is 0.816. The number of hydrogen-bond acceptors (Lipinski definition) is 0. The Hall–Kier alpha value is 0.363. The van der Waals surface area contributed by atoms with Crippen LogP contribution in [0.3, 0.4) is 0 Å². The molecule has 0 radical (unpaired) electrons. The van der Waals surface area contributed by atoms with Crippen LogP contribution in [0.1, 0.15) is 0 Å². The van der Waals surface area contributed by atoms with Crippen molar-refractivity contribution in [3.8, 4) is 0 Å². The van der Waals surface area contributed by atoms with Gasteiger partial charge in [0, 0.05) is 0 Å². The van der Waals surface area contributed by atoms with E-state index in [1.54, 1.807) is 0 Å². The predicted molar refractivity (Wildman–Crippen MR) is 32.7 cm³/mol. The maximum absolute atomic E-state index is 4.25. The third-order valence-corrected chi connectivity index (χ3v) is 0. The van der Waals surface area contributed by atoms with Gasteiger partial charge in [0.25, 0.3) is 0 Å². The largest absolute Gasteiger partial charge is 4.00 e. The molecule has 0 fully saturated rings. The van der Waals surface area contributed by atoms with Crippen molar-refractivity contribution in [2.75, 3.05) is 0 Å². The zero-order valence-corrected chi connectivity index (χ0v) is 7.53. The van der Waals surface area contributed by atoms with E-state index in [1.807, 2.05) is 0 Å². The van der Waals surface area contributed by atoms with E-state index in [4.69, 9.17) is 0 Å². The monoisotopic (exact) mass is 174 g/mol. The van der Waals surface area contributed by atoms with Gasteiger partial charge in [-0.3, -0.25) is 13.2 Å². The van der Waals surface area contributed by atoms with Gasteiger partial charge in [-0.2, -0.15) is 0 Å². The van der Waals surface area contributed by atoms with Crippen molar-refractivity contribution in [2.45, 2.75) is 0 Å². The summed E-state index contributed by atoms with van der Waals surface area (Å²) in [4.78, 5) is 0. The molecule has 0 aliphatic heterocycles. The molecule has 7 heavy (non-hydrogen) atoms. The van der Waals surface area contributed by atoms with Crippen LogP contribution in [-0.2, 0) is 26.2 Å². The zero-order chi connectivity index (χ0) is 4.00. The first-order valence-electron chi connectivity index (χ1n) is 0.816. The van der Waals surface area contributed by atoms with Crippen molar-refractivity contribution in [1.29, 1.82) is 0 Å². The summed E-state index contributed by atoms with van der Waals surface area (Å²) >= 11 is 0. The molecule has 0 saturated heterocycles. The van der Waals surface area contributed by atoms with Crippen LogP contribution < -0.4 is 0 Å². The molecule has 0 aromatic carbocycles. The SMILES string of the molecule is [CH-]=C.[CH-]=C.[CH3-].[CH3-].[Zr+4]. The van der Waals surface area contributed by atoms with Crippen molar-refractivity contribution in [3.63, 3.8) is 0 Å². The van der Waals surface area contributed by atoms with Gasteiger partial charge in [0.05, 0.1) is 0 Å². The summed E-state index contributed by atoms with van der Waals surface area (Å²) in [6.45, 7) is 14.0. The molecule has 0 nitrogen and oxygen atoms in total. The van der Waals surface area contributed by atoms with Crippen LogP contribution in [0.5, 0.6) is 0 Å². The standard InChI is InChI=1S/2C2H3.2CH3.Zr/c2*1-2;;;/h2*1H,2H2;2*1H3;/q4*-1;+4. The van der Waals surface area contributed by atoms with Gasteiger partial charge in [-0.1, -0.05) is 0 Å². The molecule has 1 heteroatoms. The van der Waals surface area contributed by atoms with E-state index >= 15 is 0 Å². The van der Waals surface area contributed by atoms with Gasteiger partial charge in [0.2, 0.25) is 0 Å². The predicted octanol–water partition coefficient (Wildman–Crippen LogP) is 2.11. The van der Waals surface area contributed by atoms with Crippen molar-refractivity contribution in [3.05, 3.63) is 41.2 Å². The Morgan fingerprint density at radius 3 is 0.714 bits per heavy atom. The first-order chi connectivity index (χ1) is 2.00.